The fourth-order valence-electron chi connectivity index (χ4n) is 2.56. The minimum Gasteiger partial charge on any atom is -0.313 e. The molecule has 2 aromatic heterocycles. The third kappa shape index (κ3) is 2.35. The molecule has 3 rings (SSSR count). The highest BCUT2D eigenvalue weighted by Gasteiger charge is 2.32. The standard InChI is InChI=1S/C15H15Cl2N3S/c1-9(16)13-19-11-6-4-5-10(17)12(11)20(13)15(2,3)14-18-7-8-21-14/h4-9H,1-3H3. The predicted octanol–water partition coefficient (Wildman–Crippen LogP) is 5.23. The molecule has 1 atom stereocenters. The molecule has 0 amide bonds. The van der Waals surface area contributed by atoms with Crippen LogP contribution < -0.4 is 0 Å². The van der Waals surface area contributed by atoms with E-state index < -0.39 is 0 Å². The number of thiazole rings is 1. The minimum atomic E-state index is -0.369. The van der Waals surface area contributed by atoms with Crippen LogP contribution in [-0.4, -0.2) is 14.5 Å². The number of halogens is 2. The molecule has 0 N–H and O–H groups in total. The van der Waals surface area contributed by atoms with Gasteiger partial charge in [0, 0.05) is 11.6 Å². The molecule has 0 aliphatic heterocycles. The minimum absolute atomic E-state index is 0.215. The van der Waals surface area contributed by atoms with Crippen LogP contribution in [0.4, 0.5) is 0 Å². The number of hydrogen-bond acceptors (Lipinski definition) is 3. The van der Waals surface area contributed by atoms with Crippen molar-refractivity contribution in [2.75, 3.05) is 0 Å². The SMILES string of the molecule is CC(Cl)c1nc2cccc(Cl)c2n1C(C)(C)c1nccs1. The predicted molar refractivity (Wildman–Crippen MR) is 89.5 cm³/mol. The molecule has 2 heterocycles. The van der Waals surface area contributed by atoms with E-state index in [-0.39, 0.29) is 10.9 Å². The number of fused-ring (bicyclic) bond motifs is 1. The largest absolute Gasteiger partial charge is 0.313 e. The molecule has 0 fully saturated rings. The van der Waals surface area contributed by atoms with Crippen LogP contribution in [0, 0.1) is 0 Å². The summed E-state index contributed by atoms with van der Waals surface area (Å²) in [5, 5.41) is 3.43. The van der Waals surface area contributed by atoms with Crippen LogP contribution >= 0.6 is 34.5 Å². The fraction of sp³-hybridized carbons (Fsp3) is 0.333. The van der Waals surface area contributed by atoms with Gasteiger partial charge in [0.1, 0.15) is 10.8 Å². The number of benzene rings is 1. The Morgan fingerprint density at radius 3 is 2.71 bits per heavy atom. The van der Waals surface area contributed by atoms with Gasteiger partial charge in [0.15, 0.2) is 0 Å². The Bertz CT molecular complexity index is 776. The van der Waals surface area contributed by atoms with Crippen molar-refractivity contribution >= 4 is 45.6 Å². The Morgan fingerprint density at radius 1 is 1.33 bits per heavy atom. The van der Waals surface area contributed by atoms with E-state index >= 15 is 0 Å². The summed E-state index contributed by atoms with van der Waals surface area (Å²) in [6.07, 6.45) is 1.81. The molecule has 0 aliphatic rings. The summed E-state index contributed by atoms with van der Waals surface area (Å²) < 4.78 is 2.11. The quantitative estimate of drug-likeness (QED) is 0.611. The maximum atomic E-state index is 6.43. The first-order chi connectivity index (χ1) is 9.93. The highest BCUT2D eigenvalue weighted by Crippen LogP contribution is 2.37. The first kappa shape index (κ1) is 14.8. The number of nitrogens with zero attached hydrogens (tertiary/aromatic N) is 3. The first-order valence-electron chi connectivity index (χ1n) is 6.64. The third-order valence-corrected chi connectivity index (χ3v) is 5.11. The lowest BCUT2D eigenvalue weighted by Crippen LogP contribution is -2.29. The van der Waals surface area contributed by atoms with Crippen LogP contribution in [0.2, 0.25) is 5.02 Å². The molecule has 0 saturated carbocycles. The molecule has 110 valence electrons. The van der Waals surface area contributed by atoms with E-state index in [1.54, 1.807) is 11.3 Å². The zero-order valence-electron chi connectivity index (χ0n) is 12.0. The van der Waals surface area contributed by atoms with Crippen molar-refractivity contribution in [3.63, 3.8) is 0 Å². The zero-order chi connectivity index (χ0) is 15.2. The summed E-state index contributed by atoms with van der Waals surface area (Å²) >= 11 is 14.4. The van der Waals surface area contributed by atoms with Crippen molar-refractivity contribution in [3.05, 3.63) is 45.6 Å². The summed E-state index contributed by atoms with van der Waals surface area (Å²) in [6, 6.07) is 5.74. The van der Waals surface area contributed by atoms with Crippen molar-refractivity contribution in [1.29, 1.82) is 0 Å². The van der Waals surface area contributed by atoms with Gasteiger partial charge in [0.05, 0.1) is 27.0 Å². The van der Waals surface area contributed by atoms with Gasteiger partial charge in [-0.3, -0.25) is 0 Å². The highest BCUT2D eigenvalue weighted by atomic mass is 35.5. The molecule has 3 aromatic rings. The monoisotopic (exact) mass is 339 g/mol. The molecule has 6 heteroatoms. The van der Waals surface area contributed by atoms with Gasteiger partial charge in [-0.2, -0.15) is 0 Å². The Labute approximate surface area is 137 Å². The summed E-state index contributed by atoms with van der Waals surface area (Å²) in [7, 11) is 0. The number of aromatic nitrogens is 3. The molecule has 0 bridgehead atoms. The van der Waals surface area contributed by atoms with Crippen molar-refractivity contribution in [3.8, 4) is 0 Å². The fourth-order valence-corrected chi connectivity index (χ4v) is 3.71. The Morgan fingerprint density at radius 2 is 2.10 bits per heavy atom. The van der Waals surface area contributed by atoms with Crippen LogP contribution in [0.3, 0.4) is 0 Å². The molecular weight excluding hydrogens is 325 g/mol. The molecule has 0 radical (unpaired) electrons. The highest BCUT2D eigenvalue weighted by molar-refractivity contribution is 7.09. The van der Waals surface area contributed by atoms with Gasteiger partial charge < -0.3 is 4.57 Å². The number of alkyl halides is 1. The summed E-state index contributed by atoms with van der Waals surface area (Å²) in [5.74, 6) is 0.806. The van der Waals surface area contributed by atoms with Crippen molar-refractivity contribution in [1.82, 2.24) is 14.5 Å². The summed E-state index contributed by atoms with van der Waals surface area (Å²) in [5.41, 5.74) is 1.39. The van der Waals surface area contributed by atoms with Crippen molar-refractivity contribution < 1.29 is 0 Å². The maximum absolute atomic E-state index is 6.43. The average Bonchev–Trinajstić information content (AvgIpc) is 3.07. The second-order valence-corrected chi connectivity index (χ2v) is 7.38. The first-order valence-corrected chi connectivity index (χ1v) is 8.33. The van der Waals surface area contributed by atoms with E-state index in [4.69, 9.17) is 23.2 Å². The van der Waals surface area contributed by atoms with Gasteiger partial charge in [0.25, 0.3) is 0 Å². The van der Waals surface area contributed by atoms with Crippen LogP contribution in [0.5, 0.6) is 0 Å². The van der Waals surface area contributed by atoms with Crippen LogP contribution in [0.15, 0.2) is 29.8 Å². The molecule has 3 nitrogen and oxygen atoms in total. The second kappa shape index (κ2) is 5.27. The Kier molecular flexibility index (Phi) is 3.72. The lowest BCUT2D eigenvalue weighted by Gasteiger charge is -2.28. The number of imidazole rings is 1. The van der Waals surface area contributed by atoms with E-state index in [0.717, 1.165) is 21.9 Å². The summed E-state index contributed by atoms with van der Waals surface area (Å²) in [6.45, 7) is 6.14. The number of para-hydroxylation sites is 1. The number of hydrogen-bond donors (Lipinski definition) is 0. The van der Waals surface area contributed by atoms with Gasteiger partial charge in [0.2, 0.25) is 0 Å². The third-order valence-electron chi connectivity index (χ3n) is 3.52. The van der Waals surface area contributed by atoms with E-state index in [1.165, 1.54) is 0 Å². The second-order valence-electron chi connectivity index (χ2n) is 5.43. The molecule has 0 aliphatic carbocycles. The van der Waals surface area contributed by atoms with E-state index in [2.05, 4.69) is 28.4 Å². The lowest BCUT2D eigenvalue weighted by atomic mass is 10.1. The normalized spacial score (nSPS) is 13.8. The van der Waals surface area contributed by atoms with Gasteiger partial charge in [-0.05, 0) is 32.9 Å². The van der Waals surface area contributed by atoms with Gasteiger partial charge in [-0.1, -0.05) is 17.7 Å². The zero-order valence-corrected chi connectivity index (χ0v) is 14.3. The Balaban J connectivity index is 2.37. The van der Waals surface area contributed by atoms with Gasteiger partial charge >= 0.3 is 0 Å². The van der Waals surface area contributed by atoms with Crippen LogP contribution in [-0.2, 0) is 5.54 Å². The van der Waals surface area contributed by atoms with E-state index in [9.17, 15) is 0 Å². The van der Waals surface area contributed by atoms with E-state index in [0.29, 0.717) is 5.02 Å². The van der Waals surface area contributed by atoms with Crippen LogP contribution in [0.25, 0.3) is 11.0 Å². The van der Waals surface area contributed by atoms with Crippen molar-refractivity contribution in [2.45, 2.75) is 31.7 Å². The smallest absolute Gasteiger partial charge is 0.128 e. The van der Waals surface area contributed by atoms with Crippen molar-refractivity contribution in [2.24, 2.45) is 0 Å². The van der Waals surface area contributed by atoms with Gasteiger partial charge in [-0.25, -0.2) is 9.97 Å². The molecule has 0 saturated heterocycles. The molecule has 1 aromatic carbocycles. The molecule has 21 heavy (non-hydrogen) atoms. The van der Waals surface area contributed by atoms with Gasteiger partial charge in [-0.15, -0.1) is 22.9 Å². The lowest BCUT2D eigenvalue weighted by molar-refractivity contribution is 0.429. The topological polar surface area (TPSA) is 30.7 Å². The number of rotatable bonds is 3. The molecular formula is C15H15Cl2N3S. The maximum Gasteiger partial charge on any atom is 0.128 e. The summed E-state index contributed by atoms with van der Waals surface area (Å²) in [4.78, 5) is 9.14. The van der Waals surface area contributed by atoms with Crippen LogP contribution in [0.1, 0.15) is 37.0 Å². The average molecular weight is 340 g/mol. The van der Waals surface area contributed by atoms with E-state index in [1.807, 2.05) is 36.7 Å². The Hall–Kier alpha value is -1.10. The molecule has 0 spiro atoms. The molecule has 1 unspecified atom stereocenters.